The number of benzene rings is 1. The second kappa shape index (κ2) is 7.06. The number of cyclic esters (lactones) is 1. The van der Waals surface area contributed by atoms with Crippen molar-refractivity contribution in [2.75, 3.05) is 0 Å². The van der Waals surface area contributed by atoms with E-state index in [0.29, 0.717) is 6.42 Å². The minimum atomic E-state index is -2.38. The quantitative estimate of drug-likeness (QED) is 0.249. The molecule has 0 unspecified atom stereocenters. The van der Waals surface area contributed by atoms with Gasteiger partial charge < -0.3 is 14.2 Å². The average Bonchev–Trinajstić information content (AvgIpc) is 2.88. The van der Waals surface area contributed by atoms with Crippen LogP contribution in [-0.2, 0) is 19.1 Å². The van der Waals surface area contributed by atoms with Gasteiger partial charge in [0.25, 0.3) is 0 Å². The molecular weight excluding hydrogens is 379 g/mol. The second-order valence-corrected chi connectivity index (χ2v) is 6.77. The largest absolute Gasteiger partial charge is 0.432 e. The minimum absolute atomic E-state index is 0.0446. The first-order chi connectivity index (χ1) is 12.4. The van der Waals surface area contributed by atoms with Crippen molar-refractivity contribution in [3.05, 3.63) is 29.1 Å². The van der Waals surface area contributed by atoms with E-state index in [-0.39, 0.29) is 6.42 Å². The monoisotopic (exact) mass is 396 g/mol. The van der Waals surface area contributed by atoms with E-state index in [1.165, 1.54) is 20.8 Å². The molecule has 1 heterocycles. The van der Waals surface area contributed by atoms with Gasteiger partial charge in [0.2, 0.25) is 40.6 Å². The molecule has 0 saturated carbocycles. The van der Waals surface area contributed by atoms with Crippen LogP contribution in [0.1, 0.15) is 40.5 Å². The maximum Gasteiger partial charge on any atom is 0.339 e. The zero-order valence-electron chi connectivity index (χ0n) is 14.9. The Hall–Kier alpha value is -2.23. The van der Waals surface area contributed by atoms with Crippen LogP contribution in [-0.4, -0.2) is 23.8 Å². The third-order valence-electron chi connectivity index (χ3n) is 4.14. The minimum Gasteiger partial charge on any atom is -0.432 e. The van der Waals surface area contributed by atoms with Gasteiger partial charge in [0.05, 0.1) is 0 Å². The smallest absolute Gasteiger partial charge is 0.339 e. The third kappa shape index (κ3) is 3.62. The van der Waals surface area contributed by atoms with Gasteiger partial charge in [-0.2, -0.15) is 8.78 Å². The summed E-state index contributed by atoms with van der Waals surface area (Å²) in [7, 11) is 0. The van der Waals surface area contributed by atoms with Gasteiger partial charge in [-0.25, -0.2) is 18.0 Å². The van der Waals surface area contributed by atoms with E-state index < -0.39 is 64.1 Å². The molecule has 27 heavy (non-hydrogen) atoms. The maximum absolute atomic E-state index is 13.8. The Balaban J connectivity index is 2.44. The molecule has 2 rings (SSSR count). The van der Waals surface area contributed by atoms with Crippen molar-refractivity contribution >= 4 is 11.9 Å². The lowest BCUT2D eigenvalue weighted by Crippen LogP contribution is -2.46. The van der Waals surface area contributed by atoms with Crippen LogP contribution < -0.4 is 4.74 Å². The van der Waals surface area contributed by atoms with Gasteiger partial charge in [-0.05, 0) is 13.3 Å². The molecule has 0 aromatic heterocycles. The highest BCUT2D eigenvalue weighted by Gasteiger charge is 2.55. The van der Waals surface area contributed by atoms with Crippen LogP contribution in [0.15, 0.2) is 0 Å². The molecule has 0 amide bonds. The van der Waals surface area contributed by atoms with Crippen LogP contribution in [0.2, 0.25) is 0 Å². The maximum atomic E-state index is 13.8. The van der Waals surface area contributed by atoms with Crippen molar-refractivity contribution in [1.82, 2.24) is 0 Å². The number of hydrogen-bond acceptors (Lipinski definition) is 5. The summed E-state index contributed by atoms with van der Waals surface area (Å²) < 4.78 is 82.2. The standard InChI is InChI=1S/C17H17F5O5/c1-5-6-17(4,13-14(23)27-16(2,3)26-13)15(24)25-12-10(21)8(19)7(18)9(20)11(12)22/h13H,5-6H2,1-4H3/t13-,17-/m1/s1. The van der Waals surface area contributed by atoms with E-state index in [4.69, 9.17) is 9.47 Å². The number of hydrogen-bond donors (Lipinski definition) is 0. The molecule has 1 aromatic rings. The number of halogens is 5. The van der Waals surface area contributed by atoms with Crippen LogP contribution in [0.4, 0.5) is 22.0 Å². The van der Waals surface area contributed by atoms with E-state index in [1.807, 2.05) is 0 Å². The van der Waals surface area contributed by atoms with Crippen LogP contribution in [0.5, 0.6) is 5.75 Å². The number of carbonyl (C=O) groups is 2. The molecule has 2 atom stereocenters. The lowest BCUT2D eigenvalue weighted by Gasteiger charge is -2.30. The fourth-order valence-corrected chi connectivity index (χ4v) is 2.79. The number of rotatable bonds is 5. The summed E-state index contributed by atoms with van der Waals surface area (Å²) in [6.07, 6.45) is -1.21. The van der Waals surface area contributed by atoms with Gasteiger partial charge in [-0.3, -0.25) is 4.79 Å². The van der Waals surface area contributed by atoms with Crippen molar-refractivity contribution < 1.29 is 45.8 Å². The molecule has 1 aliphatic heterocycles. The van der Waals surface area contributed by atoms with E-state index >= 15 is 0 Å². The molecule has 1 aromatic carbocycles. The molecule has 1 saturated heterocycles. The summed E-state index contributed by atoms with van der Waals surface area (Å²) in [6, 6.07) is 0. The Kier molecular flexibility index (Phi) is 5.51. The van der Waals surface area contributed by atoms with E-state index in [9.17, 15) is 31.5 Å². The van der Waals surface area contributed by atoms with Crippen molar-refractivity contribution in [3.8, 4) is 5.75 Å². The Labute approximate surface area is 151 Å². The molecule has 0 aliphatic carbocycles. The Morgan fingerprint density at radius 2 is 1.56 bits per heavy atom. The van der Waals surface area contributed by atoms with Gasteiger partial charge in [0, 0.05) is 13.8 Å². The van der Waals surface area contributed by atoms with E-state index in [0.717, 1.165) is 0 Å². The Morgan fingerprint density at radius 1 is 1.07 bits per heavy atom. The predicted octanol–water partition coefficient (Wildman–Crippen LogP) is 3.77. The predicted molar refractivity (Wildman–Crippen MR) is 79.9 cm³/mol. The van der Waals surface area contributed by atoms with E-state index in [2.05, 4.69) is 4.74 Å². The first-order valence-electron chi connectivity index (χ1n) is 8.00. The normalized spacial score (nSPS) is 20.9. The molecular formula is C17H17F5O5. The van der Waals surface area contributed by atoms with Gasteiger partial charge in [-0.1, -0.05) is 13.3 Å². The molecule has 0 N–H and O–H groups in total. The van der Waals surface area contributed by atoms with Gasteiger partial charge in [0.1, 0.15) is 5.41 Å². The topological polar surface area (TPSA) is 61.8 Å². The summed E-state index contributed by atoms with van der Waals surface area (Å²) in [5, 5.41) is 0. The number of ether oxygens (including phenoxy) is 3. The first-order valence-corrected chi connectivity index (χ1v) is 8.00. The molecule has 0 spiro atoms. The summed E-state index contributed by atoms with van der Waals surface area (Å²) in [5.41, 5.74) is -1.79. The van der Waals surface area contributed by atoms with Crippen molar-refractivity contribution in [3.63, 3.8) is 0 Å². The zero-order chi connectivity index (χ0) is 20.7. The molecule has 0 radical (unpaired) electrons. The molecule has 10 heteroatoms. The van der Waals surface area contributed by atoms with Gasteiger partial charge >= 0.3 is 11.9 Å². The highest BCUT2D eigenvalue weighted by molar-refractivity contribution is 5.88. The highest BCUT2D eigenvalue weighted by Crippen LogP contribution is 2.40. The van der Waals surface area contributed by atoms with Crippen molar-refractivity contribution in [1.29, 1.82) is 0 Å². The number of esters is 2. The van der Waals surface area contributed by atoms with Gasteiger partial charge in [-0.15, -0.1) is 0 Å². The summed E-state index contributed by atoms with van der Waals surface area (Å²) in [4.78, 5) is 24.7. The highest BCUT2D eigenvalue weighted by atomic mass is 19.2. The van der Waals surface area contributed by atoms with E-state index in [1.54, 1.807) is 6.92 Å². The molecule has 0 bridgehead atoms. The average molecular weight is 396 g/mol. The van der Waals surface area contributed by atoms with Gasteiger partial charge in [0.15, 0.2) is 6.10 Å². The Morgan fingerprint density at radius 3 is 1.96 bits per heavy atom. The number of carbonyl (C=O) groups excluding carboxylic acids is 2. The second-order valence-electron chi connectivity index (χ2n) is 6.77. The molecule has 5 nitrogen and oxygen atoms in total. The fraction of sp³-hybridized carbons (Fsp3) is 0.529. The molecule has 1 aliphatic rings. The SMILES string of the molecule is CCC[C@@](C)(C(=O)Oc1c(F)c(F)c(F)c(F)c1F)[C@@H]1OC(C)(C)OC1=O. The Bertz CT molecular complexity index is 765. The van der Waals surface area contributed by atoms with Crippen molar-refractivity contribution in [2.45, 2.75) is 52.4 Å². The lowest BCUT2D eigenvalue weighted by molar-refractivity contribution is -0.171. The van der Waals surface area contributed by atoms with Crippen LogP contribution in [0.3, 0.4) is 0 Å². The van der Waals surface area contributed by atoms with Crippen LogP contribution in [0, 0.1) is 34.5 Å². The summed E-state index contributed by atoms with van der Waals surface area (Å²) >= 11 is 0. The van der Waals surface area contributed by atoms with Crippen molar-refractivity contribution in [2.24, 2.45) is 5.41 Å². The lowest BCUT2D eigenvalue weighted by atomic mass is 9.80. The summed E-state index contributed by atoms with van der Waals surface area (Å²) in [6.45, 7) is 5.69. The van der Waals surface area contributed by atoms with Crippen LogP contribution in [0.25, 0.3) is 0 Å². The molecule has 150 valence electrons. The summed E-state index contributed by atoms with van der Waals surface area (Å²) in [5.74, 6) is -16.9. The zero-order valence-corrected chi connectivity index (χ0v) is 14.9. The molecule has 1 fully saturated rings. The first kappa shape index (κ1) is 21.1. The van der Waals surface area contributed by atoms with Crippen LogP contribution >= 0.6 is 0 Å². The fourth-order valence-electron chi connectivity index (χ4n) is 2.79. The third-order valence-corrected chi connectivity index (χ3v) is 4.14.